The molecule has 104 valence electrons. The summed E-state index contributed by atoms with van der Waals surface area (Å²) in [6, 6.07) is 4.42. The van der Waals surface area contributed by atoms with E-state index in [1.165, 1.54) is 0 Å². The molecule has 0 saturated carbocycles. The number of rotatable bonds is 2. The second-order valence-electron chi connectivity index (χ2n) is 4.67. The quantitative estimate of drug-likeness (QED) is 0.841. The third-order valence-electron chi connectivity index (χ3n) is 3.40. The fourth-order valence-electron chi connectivity index (χ4n) is 2.43. The van der Waals surface area contributed by atoms with Crippen LogP contribution in [0, 0.1) is 0 Å². The molecular weight excluding hydrogens is 282 g/mol. The molecule has 0 unspecified atom stereocenters. The van der Waals surface area contributed by atoms with Crippen LogP contribution in [-0.4, -0.2) is 30.9 Å². The molecular formula is C13H12ClN3O3. The zero-order valence-corrected chi connectivity index (χ0v) is 11.3. The molecule has 0 aliphatic carbocycles. The molecule has 0 bridgehead atoms. The molecule has 2 saturated heterocycles. The number of halogens is 1. The Morgan fingerprint density at radius 3 is 2.55 bits per heavy atom. The smallest absolute Gasteiger partial charge is 0.328 e. The number of carbonyl (C=O) groups excluding carboxylic acids is 3. The molecule has 0 radical (unpaired) electrons. The van der Waals surface area contributed by atoms with Gasteiger partial charge in [0.1, 0.15) is 0 Å². The topological polar surface area (TPSA) is 69.7 Å². The first-order chi connectivity index (χ1) is 9.58. The predicted octanol–water partition coefficient (Wildman–Crippen LogP) is 1.52. The fraction of sp³-hybridized carbons (Fsp3) is 0.308. The van der Waals surface area contributed by atoms with Crippen LogP contribution >= 0.6 is 11.6 Å². The van der Waals surface area contributed by atoms with Crippen molar-refractivity contribution < 1.29 is 14.4 Å². The molecule has 1 aromatic carbocycles. The molecule has 7 heteroatoms. The van der Waals surface area contributed by atoms with Gasteiger partial charge in [-0.25, -0.2) is 9.69 Å². The number of nitrogens with one attached hydrogen (secondary N) is 1. The van der Waals surface area contributed by atoms with Crippen LogP contribution in [0.2, 0.25) is 5.02 Å². The Morgan fingerprint density at radius 2 is 1.95 bits per heavy atom. The second kappa shape index (κ2) is 4.79. The summed E-state index contributed by atoms with van der Waals surface area (Å²) in [5.74, 6) is -0.322. The van der Waals surface area contributed by atoms with Crippen LogP contribution in [0.25, 0.3) is 0 Å². The zero-order chi connectivity index (χ0) is 14.3. The first-order valence-corrected chi connectivity index (χ1v) is 6.66. The largest absolute Gasteiger partial charge is 0.329 e. The predicted molar refractivity (Wildman–Crippen MR) is 73.9 cm³/mol. The molecule has 0 aromatic heterocycles. The Hall–Kier alpha value is -2.08. The first-order valence-electron chi connectivity index (χ1n) is 6.28. The standard InChI is InChI=1S/C13H12ClN3O3/c14-9-4-3-8(16-5-1-2-11(16)18)6-10(9)17-12(19)7-15-13(17)20/h3-4,6H,1-2,5,7H2,(H,15,20). The second-order valence-corrected chi connectivity index (χ2v) is 5.08. The highest BCUT2D eigenvalue weighted by Gasteiger charge is 2.32. The summed E-state index contributed by atoms with van der Waals surface area (Å²) < 4.78 is 0. The SMILES string of the molecule is O=C1CCCN1c1ccc(Cl)c(N2C(=O)CNC2=O)c1. The molecule has 4 amide bonds. The van der Waals surface area contributed by atoms with Crippen molar-refractivity contribution in [1.82, 2.24) is 5.32 Å². The molecule has 2 heterocycles. The highest BCUT2D eigenvalue weighted by Crippen LogP contribution is 2.33. The monoisotopic (exact) mass is 293 g/mol. The molecule has 20 heavy (non-hydrogen) atoms. The van der Waals surface area contributed by atoms with E-state index in [2.05, 4.69) is 5.32 Å². The highest BCUT2D eigenvalue weighted by molar-refractivity contribution is 6.36. The Bertz CT molecular complexity index is 601. The van der Waals surface area contributed by atoms with Gasteiger partial charge in [0.25, 0.3) is 5.91 Å². The van der Waals surface area contributed by atoms with Crippen molar-refractivity contribution in [3.05, 3.63) is 23.2 Å². The van der Waals surface area contributed by atoms with Gasteiger partial charge < -0.3 is 10.2 Å². The van der Waals surface area contributed by atoms with Crippen LogP contribution in [0.15, 0.2) is 18.2 Å². The molecule has 2 aliphatic rings. The lowest BCUT2D eigenvalue weighted by atomic mass is 10.2. The Morgan fingerprint density at radius 1 is 1.15 bits per heavy atom. The highest BCUT2D eigenvalue weighted by atomic mass is 35.5. The van der Waals surface area contributed by atoms with E-state index < -0.39 is 6.03 Å². The van der Waals surface area contributed by atoms with Gasteiger partial charge in [0.2, 0.25) is 5.91 Å². The number of benzene rings is 1. The van der Waals surface area contributed by atoms with Crippen molar-refractivity contribution >= 4 is 40.8 Å². The normalized spacial score (nSPS) is 18.9. The van der Waals surface area contributed by atoms with Gasteiger partial charge in [-0.2, -0.15) is 0 Å². The molecule has 3 rings (SSSR count). The van der Waals surface area contributed by atoms with E-state index in [-0.39, 0.29) is 18.4 Å². The van der Waals surface area contributed by atoms with E-state index in [0.29, 0.717) is 29.4 Å². The van der Waals surface area contributed by atoms with E-state index in [1.807, 2.05) is 0 Å². The molecule has 6 nitrogen and oxygen atoms in total. The molecule has 2 aliphatic heterocycles. The summed E-state index contributed by atoms with van der Waals surface area (Å²) in [5, 5.41) is 2.74. The maximum absolute atomic E-state index is 11.8. The minimum Gasteiger partial charge on any atom is -0.328 e. The zero-order valence-electron chi connectivity index (χ0n) is 10.6. The summed E-state index contributed by atoms with van der Waals surface area (Å²) in [7, 11) is 0. The van der Waals surface area contributed by atoms with E-state index in [1.54, 1.807) is 23.1 Å². The van der Waals surface area contributed by atoms with Crippen molar-refractivity contribution in [3.8, 4) is 0 Å². The van der Waals surface area contributed by atoms with Crippen LogP contribution in [-0.2, 0) is 9.59 Å². The van der Waals surface area contributed by atoms with Crippen molar-refractivity contribution in [2.75, 3.05) is 22.9 Å². The van der Waals surface area contributed by atoms with Gasteiger partial charge >= 0.3 is 6.03 Å². The van der Waals surface area contributed by atoms with Crippen molar-refractivity contribution in [3.63, 3.8) is 0 Å². The lowest BCUT2D eigenvalue weighted by Gasteiger charge is -2.20. The number of carbonyl (C=O) groups is 3. The Kier molecular flexibility index (Phi) is 3.10. The molecule has 2 fully saturated rings. The third-order valence-corrected chi connectivity index (χ3v) is 3.72. The lowest BCUT2D eigenvalue weighted by molar-refractivity contribution is -0.117. The fourth-order valence-corrected chi connectivity index (χ4v) is 2.63. The Balaban J connectivity index is 2.01. The van der Waals surface area contributed by atoms with Crippen LogP contribution in [0.3, 0.4) is 0 Å². The molecule has 0 spiro atoms. The number of hydrogen-bond donors (Lipinski definition) is 1. The van der Waals surface area contributed by atoms with Crippen LogP contribution in [0.4, 0.5) is 16.2 Å². The number of hydrogen-bond acceptors (Lipinski definition) is 3. The van der Waals surface area contributed by atoms with Crippen LogP contribution < -0.4 is 15.1 Å². The number of anilines is 2. The third kappa shape index (κ3) is 2.02. The van der Waals surface area contributed by atoms with Crippen molar-refractivity contribution in [1.29, 1.82) is 0 Å². The van der Waals surface area contributed by atoms with E-state index in [0.717, 1.165) is 11.3 Å². The lowest BCUT2D eigenvalue weighted by Crippen LogP contribution is -2.31. The summed E-state index contributed by atoms with van der Waals surface area (Å²) in [5.41, 5.74) is 0.961. The number of imide groups is 1. The minimum atomic E-state index is -0.498. The maximum atomic E-state index is 11.8. The van der Waals surface area contributed by atoms with Crippen LogP contribution in [0.1, 0.15) is 12.8 Å². The average Bonchev–Trinajstić information content (AvgIpc) is 2.98. The van der Waals surface area contributed by atoms with E-state index >= 15 is 0 Å². The summed E-state index contributed by atoms with van der Waals surface area (Å²) >= 11 is 6.07. The van der Waals surface area contributed by atoms with Gasteiger partial charge in [-0.1, -0.05) is 11.6 Å². The minimum absolute atomic E-state index is 0.0375. The average molecular weight is 294 g/mol. The van der Waals surface area contributed by atoms with Crippen molar-refractivity contribution in [2.24, 2.45) is 0 Å². The van der Waals surface area contributed by atoms with Gasteiger partial charge in [0.15, 0.2) is 0 Å². The summed E-state index contributed by atoms with van der Waals surface area (Å²) in [6.07, 6.45) is 1.32. The summed E-state index contributed by atoms with van der Waals surface area (Å²) in [4.78, 5) is 37.8. The van der Waals surface area contributed by atoms with E-state index in [9.17, 15) is 14.4 Å². The number of nitrogens with zero attached hydrogens (tertiary/aromatic N) is 2. The van der Waals surface area contributed by atoms with Gasteiger partial charge in [-0.3, -0.25) is 9.59 Å². The van der Waals surface area contributed by atoms with Gasteiger partial charge in [0.05, 0.1) is 17.3 Å². The van der Waals surface area contributed by atoms with Gasteiger partial charge in [-0.15, -0.1) is 0 Å². The Labute approximate surface area is 120 Å². The van der Waals surface area contributed by atoms with Crippen molar-refractivity contribution in [2.45, 2.75) is 12.8 Å². The molecule has 0 atom stereocenters. The van der Waals surface area contributed by atoms with Gasteiger partial charge in [0, 0.05) is 18.7 Å². The van der Waals surface area contributed by atoms with Crippen LogP contribution in [0.5, 0.6) is 0 Å². The first kappa shape index (κ1) is 12.9. The van der Waals surface area contributed by atoms with Gasteiger partial charge in [-0.05, 0) is 24.6 Å². The number of amides is 4. The molecule has 1 N–H and O–H groups in total. The maximum Gasteiger partial charge on any atom is 0.329 e. The molecule has 1 aromatic rings. The summed E-state index contributed by atoms with van der Waals surface area (Å²) in [6.45, 7) is 0.599. The number of urea groups is 1. The van der Waals surface area contributed by atoms with E-state index in [4.69, 9.17) is 11.6 Å².